The smallest absolute Gasteiger partial charge is 0.185 e. The van der Waals surface area contributed by atoms with E-state index in [4.69, 9.17) is 17.3 Å². The molecule has 18 heavy (non-hydrogen) atoms. The van der Waals surface area contributed by atoms with E-state index >= 15 is 0 Å². The SMILES string of the molecule is CC(=O)SCC(O)C(O)c1cc(Cl)cc(N)c1O. The number of benzene rings is 1. The molecule has 0 radical (unpaired) electrons. The summed E-state index contributed by atoms with van der Waals surface area (Å²) in [7, 11) is 0. The van der Waals surface area contributed by atoms with Crippen molar-refractivity contribution in [1.82, 2.24) is 0 Å². The van der Waals surface area contributed by atoms with Crippen molar-refractivity contribution in [2.24, 2.45) is 0 Å². The van der Waals surface area contributed by atoms with Gasteiger partial charge in [0, 0.05) is 23.3 Å². The number of phenols is 1. The quantitative estimate of drug-likeness (QED) is 0.492. The summed E-state index contributed by atoms with van der Waals surface area (Å²) in [4.78, 5) is 10.8. The maximum atomic E-state index is 10.8. The van der Waals surface area contributed by atoms with E-state index < -0.39 is 12.2 Å². The molecule has 100 valence electrons. The Kier molecular flexibility index (Phi) is 5.28. The van der Waals surface area contributed by atoms with Crippen molar-refractivity contribution >= 4 is 34.2 Å². The van der Waals surface area contributed by atoms with Gasteiger partial charge in [-0.05, 0) is 12.1 Å². The number of hydrogen-bond acceptors (Lipinski definition) is 6. The van der Waals surface area contributed by atoms with Gasteiger partial charge in [-0.2, -0.15) is 0 Å². The first-order chi connectivity index (χ1) is 8.32. The Balaban J connectivity index is 2.89. The molecule has 0 aromatic heterocycles. The lowest BCUT2D eigenvalue weighted by Gasteiger charge is -2.19. The fourth-order valence-electron chi connectivity index (χ4n) is 1.37. The molecule has 2 unspecified atom stereocenters. The largest absolute Gasteiger partial charge is 0.505 e. The van der Waals surface area contributed by atoms with Gasteiger partial charge in [-0.15, -0.1) is 0 Å². The molecule has 0 fully saturated rings. The normalized spacial score (nSPS) is 14.2. The summed E-state index contributed by atoms with van der Waals surface area (Å²) in [5, 5.41) is 29.4. The molecule has 0 saturated heterocycles. The van der Waals surface area contributed by atoms with E-state index in [1.165, 1.54) is 19.1 Å². The topological polar surface area (TPSA) is 104 Å². The van der Waals surface area contributed by atoms with Crippen molar-refractivity contribution in [3.8, 4) is 5.75 Å². The van der Waals surface area contributed by atoms with Crippen LogP contribution in [0.15, 0.2) is 12.1 Å². The molecule has 1 aromatic carbocycles. The van der Waals surface area contributed by atoms with Gasteiger partial charge >= 0.3 is 0 Å². The zero-order valence-corrected chi connectivity index (χ0v) is 11.2. The van der Waals surface area contributed by atoms with E-state index in [2.05, 4.69) is 0 Å². The summed E-state index contributed by atoms with van der Waals surface area (Å²) >= 11 is 6.64. The lowest BCUT2D eigenvalue weighted by atomic mass is 10.0. The molecule has 0 amide bonds. The van der Waals surface area contributed by atoms with E-state index in [0.717, 1.165) is 11.8 Å². The van der Waals surface area contributed by atoms with Crippen molar-refractivity contribution < 1.29 is 20.1 Å². The number of phenolic OH excluding ortho intramolecular Hbond substituents is 1. The number of aliphatic hydroxyl groups excluding tert-OH is 2. The maximum absolute atomic E-state index is 10.8. The van der Waals surface area contributed by atoms with Gasteiger partial charge in [0.15, 0.2) is 5.12 Å². The van der Waals surface area contributed by atoms with Crippen LogP contribution in [0.25, 0.3) is 0 Å². The first-order valence-corrected chi connectivity index (χ1v) is 6.46. The summed E-state index contributed by atoms with van der Waals surface area (Å²) in [5.41, 5.74) is 5.55. The first-order valence-electron chi connectivity index (χ1n) is 5.10. The first kappa shape index (κ1) is 15.1. The Hall–Kier alpha value is -0.950. The second-order valence-electron chi connectivity index (χ2n) is 3.75. The molecular weight excluding hydrogens is 278 g/mol. The Morgan fingerprint density at radius 2 is 2.11 bits per heavy atom. The van der Waals surface area contributed by atoms with Crippen LogP contribution in [0.1, 0.15) is 18.6 Å². The van der Waals surface area contributed by atoms with E-state index in [9.17, 15) is 20.1 Å². The number of thioether (sulfide) groups is 1. The molecule has 0 spiro atoms. The van der Waals surface area contributed by atoms with Crippen LogP contribution in [-0.4, -0.2) is 32.3 Å². The third-order valence-corrected chi connectivity index (χ3v) is 3.41. The second kappa shape index (κ2) is 6.29. The van der Waals surface area contributed by atoms with Gasteiger partial charge in [-0.3, -0.25) is 4.79 Å². The third-order valence-electron chi connectivity index (χ3n) is 2.27. The number of aromatic hydroxyl groups is 1. The molecule has 0 bridgehead atoms. The molecule has 0 aliphatic rings. The molecule has 0 aliphatic heterocycles. The second-order valence-corrected chi connectivity index (χ2v) is 5.38. The summed E-state index contributed by atoms with van der Waals surface area (Å²) in [6, 6.07) is 2.66. The highest BCUT2D eigenvalue weighted by atomic mass is 35.5. The van der Waals surface area contributed by atoms with Gasteiger partial charge in [-0.25, -0.2) is 0 Å². The van der Waals surface area contributed by atoms with E-state index in [1.54, 1.807) is 0 Å². The van der Waals surface area contributed by atoms with Crippen molar-refractivity contribution in [2.75, 3.05) is 11.5 Å². The predicted octanol–water partition coefficient (Wildman–Crippen LogP) is 1.30. The van der Waals surface area contributed by atoms with Gasteiger partial charge in [0.25, 0.3) is 0 Å². The van der Waals surface area contributed by atoms with Crippen LogP contribution < -0.4 is 5.73 Å². The number of aliphatic hydroxyl groups is 2. The highest BCUT2D eigenvalue weighted by Gasteiger charge is 2.23. The number of rotatable bonds is 4. The molecule has 2 atom stereocenters. The highest BCUT2D eigenvalue weighted by molar-refractivity contribution is 8.13. The molecular formula is C11H14ClNO4S. The summed E-state index contributed by atoms with van der Waals surface area (Å²) < 4.78 is 0. The number of hydrogen-bond donors (Lipinski definition) is 4. The molecule has 0 heterocycles. The lowest BCUT2D eigenvalue weighted by Crippen LogP contribution is -2.21. The van der Waals surface area contributed by atoms with Gasteiger partial charge in [0.2, 0.25) is 0 Å². The van der Waals surface area contributed by atoms with Crippen molar-refractivity contribution in [1.29, 1.82) is 0 Å². The van der Waals surface area contributed by atoms with Gasteiger partial charge in [0.05, 0.1) is 11.8 Å². The Bertz CT molecular complexity index is 455. The minimum atomic E-state index is -1.36. The maximum Gasteiger partial charge on any atom is 0.185 e. The third kappa shape index (κ3) is 3.78. The average Bonchev–Trinajstić information content (AvgIpc) is 2.29. The van der Waals surface area contributed by atoms with Crippen LogP contribution in [0, 0.1) is 0 Å². The van der Waals surface area contributed by atoms with Crippen LogP contribution in [0.3, 0.4) is 0 Å². The van der Waals surface area contributed by atoms with Gasteiger partial charge < -0.3 is 21.1 Å². The summed E-state index contributed by atoms with van der Waals surface area (Å²) in [5.74, 6) is -0.304. The zero-order chi connectivity index (χ0) is 13.9. The van der Waals surface area contributed by atoms with Gasteiger partial charge in [-0.1, -0.05) is 23.4 Å². The molecule has 5 nitrogen and oxygen atoms in total. The molecule has 0 aliphatic carbocycles. The summed E-state index contributed by atoms with van der Waals surface area (Å²) in [6.07, 6.45) is -2.57. The molecule has 7 heteroatoms. The Labute approximate surface area is 114 Å². The standard InChI is InChI=1S/C11H14ClNO4S/c1-5(14)18-4-9(15)11(17)7-2-6(12)3-8(13)10(7)16/h2-3,9,11,15-17H,4,13H2,1H3. The lowest BCUT2D eigenvalue weighted by molar-refractivity contribution is -0.109. The Morgan fingerprint density at radius 3 is 2.67 bits per heavy atom. The van der Waals surface area contributed by atoms with Crippen LogP contribution >= 0.6 is 23.4 Å². The van der Waals surface area contributed by atoms with Crippen LogP contribution in [0.5, 0.6) is 5.75 Å². The monoisotopic (exact) mass is 291 g/mol. The fraction of sp³-hybridized carbons (Fsp3) is 0.364. The van der Waals surface area contributed by atoms with E-state index in [1.807, 2.05) is 0 Å². The molecule has 1 aromatic rings. The van der Waals surface area contributed by atoms with Crippen molar-refractivity contribution in [3.05, 3.63) is 22.7 Å². The number of anilines is 1. The molecule has 1 rings (SSSR count). The predicted molar refractivity (Wildman–Crippen MR) is 71.6 cm³/mol. The van der Waals surface area contributed by atoms with E-state index in [-0.39, 0.29) is 32.9 Å². The highest BCUT2D eigenvalue weighted by Crippen LogP contribution is 2.35. The van der Waals surface area contributed by atoms with Gasteiger partial charge in [0.1, 0.15) is 11.9 Å². The average molecular weight is 292 g/mol. The minimum Gasteiger partial charge on any atom is -0.505 e. The van der Waals surface area contributed by atoms with E-state index in [0.29, 0.717) is 0 Å². The number of nitrogen functional groups attached to an aromatic ring is 1. The van der Waals surface area contributed by atoms with Crippen LogP contribution in [0.4, 0.5) is 5.69 Å². The van der Waals surface area contributed by atoms with Crippen molar-refractivity contribution in [2.45, 2.75) is 19.1 Å². The van der Waals surface area contributed by atoms with Crippen LogP contribution in [0.2, 0.25) is 5.02 Å². The number of carbonyl (C=O) groups is 1. The summed E-state index contributed by atoms with van der Waals surface area (Å²) in [6.45, 7) is 1.36. The Morgan fingerprint density at radius 1 is 1.50 bits per heavy atom. The molecule has 5 N–H and O–H groups in total. The van der Waals surface area contributed by atoms with Crippen molar-refractivity contribution in [3.63, 3.8) is 0 Å². The van der Waals surface area contributed by atoms with Crippen LogP contribution in [-0.2, 0) is 4.79 Å². The minimum absolute atomic E-state index is 0.0162. The number of carbonyl (C=O) groups excluding carboxylic acids is 1. The zero-order valence-electron chi connectivity index (χ0n) is 9.63. The number of nitrogens with two attached hydrogens (primary N) is 1. The fourth-order valence-corrected chi connectivity index (χ4v) is 2.19. The molecule has 0 saturated carbocycles. The number of halogens is 1.